The second-order valence-corrected chi connectivity index (χ2v) is 5.46. The Morgan fingerprint density at radius 2 is 1.69 bits per heavy atom. The van der Waals surface area contributed by atoms with Gasteiger partial charge in [-0.05, 0) is 24.3 Å². The normalized spacial score (nSPS) is 11.3. The molecule has 1 N–H and O–H groups in total. The number of aromatic nitrogens is 2. The lowest BCUT2D eigenvalue weighted by Gasteiger charge is -2.13. The number of aryl methyl sites for hydroxylation is 1. The highest BCUT2D eigenvalue weighted by Gasteiger charge is 2.33. The van der Waals surface area contributed by atoms with Crippen LogP contribution in [-0.2, 0) is 17.4 Å². The molecule has 0 unspecified atom stereocenters. The van der Waals surface area contributed by atoms with E-state index < -0.39 is 17.6 Å². The summed E-state index contributed by atoms with van der Waals surface area (Å²) < 4.78 is 44.3. The van der Waals surface area contributed by atoms with Gasteiger partial charge in [0.2, 0.25) is 17.7 Å². The van der Waals surface area contributed by atoms with Crippen LogP contribution < -0.4 is 5.32 Å². The topological polar surface area (TPSA) is 68.0 Å². The number of para-hydroxylation sites is 1. The van der Waals surface area contributed by atoms with E-state index in [9.17, 15) is 18.0 Å². The highest BCUT2D eigenvalue weighted by molar-refractivity contribution is 5.91. The van der Waals surface area contributed by atoms with Crippen molar-refractivity contribution in [3.8, 4) is 11.5 Å². The van der Waals surface area contributed by atoms with Crippen molar-refractivity contribution in [1.29, 1.82) is 0 Å². The molecule has 1 heterocycles. The zero-order valence-corrected chi connectivity index (χ0v) is 13.5. The zero-order valence-electron chi connectivity index (χ0n) is 13.5. The number of hydrogen-bond donors (Lipinski definition) is 1. The summed E-state index contributed by atoms with van der Waals surface area (Å²) in [6.45, 7) is 0. The van der Waals surface area contributed by atoms with Gasteiger partial charge in [0.05, 0.1) is 11.3 Å². The first-order valence-corrected chi connectivity index (χ1v) is 7.77. The van der Waals surface area contributed by atoms with Crippen molar-refractivity contribution >= 4 is 11.6 Å². The minimum Gasteiger partial charge on any atom is -0.421 e. The lowest BCUT2D eigenvalue weighted by atomic mass is 10.1. The Morgan fingerprint density at radius 3 is 2.42 bits per heavy atom. The standard InChI is InChI=1S/C18H14F3N3O2/c19-18(20,21)13-8-4-5-9-14(13)22-15(25)10-11-16-23-24-17(26-16)12-6-2-1-3-7-12/h1-9H,10-11H2,(H,22,25). The van der Waals surface area contributed by atoms with Crippen LogP contribution in [-0.4, -0.2) is 16.1 Å². The Hall–Kier alpha value is -3.16. The fraction of sp³-hybridized carbons (Fsp3) is 0.167. The predicted molar refractivity (Wildman–Crippen MR) is 88.1 cm³/mol. The smallest absolute Gasteiger partial charge is 0.418 e. The van der Waals surface area contributed by atoms with Gasteiger partial charge in [0.15, 0.2) is 0 Å². The highest BCUT2D eigenvalue weighted by Crippen LogP contribution is 2.34. The van der Waals surface area contributed by atoms with Gasteiger partial charge in [-0.25, -0.2) is 0 Å². The SMILES string of the molecule is O=C(CCc1nnc(-c2ccccc2)o1)Nc1ccccc1C(F)(F)F. The van der Waals surface area contributed by atoms with Crippen molar-refractivity contribution in [3.05, 3.63) is 66.1 Å². The zero-order chi connectivity index (χ0) is 18.6. The van der Waals surface area contributed by atoms with Gasteiger partial charge in [-0.15, -0.1) is 10.2 Å². The van der Waals surface area contributed by atoms with E-state index in [1.807, 2.05) is 18.2 Å². The minimum absolute atomic E-state index is 0.0807. The van der Waals surface area contributed by atoms with Crippen LogP contribution in [0.4, 0.5) is 18.9 Å². The minimum atomic E-state index is -4.54. The third-order valence-electron chi connectivity index (χ3n) is 3.56. The van der Waals surface area contributed by atoms with Crippen molar-refractivity contribution in [3.63, 3.8) is 0 Å². The van der Waals surface area contributed by atoms with Crippen molar-refractivity contribution in [2.75, 3.05) is 5.32 Å². The summed E-state index contributed by atoms with van der Waals surface area (Å²) in [5.41, 5.74) is -0.423. The third-order valence-corrected chi connectivity index (χ3v) is 3.56. The number of nitrogens with zero attached hydrogens (tertiary/aromatic N) is 2. The number of rotatable bonds is 5. The molecule has 5 nitrogen and oxygen atoms in total. The molecule has 0 fully saturated rings. The number of nitrogens with one attached hydrogen (secondary N) is 1. The molecule has 0 saturated heterocycles. The molecule has 8 heteroatoms. The molecule has 0 saturated carbocycles. The van der Waals surface area contributed by atoms with E-state index in [2.05, 4.69) is 15.5 Å². The molecule has 134 valence electrons. The van der Waals surface area contributed by atoms with Crippen LogP contribution >= 0.6 is 0 Å². The molecule has 26 heavy (non-hydrogen) atoms. The molecular weight excluding hydrogens is 347 g/mol. The van der Waals surface area contributed by atoms with Crippen LogP contribution in [0.1, 0.15) is 17.9 Å². The van der Waals surface area contributed by atoms with Gasteiger partial charge in [0.1, 0.15) is 0 Å². The maximum atomic E-state index is 12.9. The summed E-state index contributed by atoms with van der Waals surface area (Å²) in [5, 5.41) is 10.0. The number of amides is 1. The Morgan fingerprint density at radius 1 is 1.00 bits per heavy atom. The first-order valence-electron chi connectivity index (χ1n) is 7.77. The quantitative estimate of drug-likeness (QED) is 0.735. The Balaban J connectivity index is 1.61. The average Bonchev–Trinajstić information content (AvgIpc) is 3.09. The van der Waals surface area contributed by atoms with E-state index in [-0.39, 0.29) is 24.4 Å². The first-order chi connectivity index (χ1) is 12.4. The molecule has 3 aromatic rings. The summed E-state index contributed by atoms with van der Waals surface area (Å²) in [7, 11) is 0. The molecule has 0 aliphatic carbocycles. The van der Waals surface area contributed by atoms with Gasteiger partial charge in [-0.3, -0.25) is 4.79 Å². The highest BCUT2D eigenvalue weighted by atomic mass is 19.4. The number of anilines is 1. The lowest BCUT2D eigenvalue weighted by Crippen LogP contribution is -2.16. The van der Waals surface area contributed by atoms with Crippen LogP contribution in [0, 0.1) is 0 Å². The molecule has 0 spiro atoms. The molecule has 1 aromatic heterocycles. The Labute approximate surface area is 146 Å². The molecule has 0 bridgehead atoms. The Kier molecular flexibility index (Phi) is 5.01. The molecule has 1 amide bonds. The van der Waals surface area contributed by atoms with E-state index in [1.54, 1.807) is 12.1 Å². The van der Waals surface area contributed by atoms with Crippen molar-refractivity contribution < 1.29 is 22.4 Å². The van der Waals surface area contributed by atoms with E-state index in [1.165, 1.54) is 18.2 Å². The molecule has 2 aromatic carbocycles. The summed E-state index contributed by atoms with van der Waals surface area (Å²) in [5.74, 6) is -0.00676. The second-order valence-electron chi connectivity index (χ2n) is 5.46. The first kappa shape index (κ1) is 17.7. The molecule has 0 atom stereocenters. The number of carbonyl (C=O) groups is 1. The lowest BCUT2D eigenvalue weighted by molar-refractivity contribution is -0.137. The number of hydrogen-bond acceptors (Lipinski definition) is 4. The maximum Gasteiger partial charge on any atom is 0.418 e. The molecule has 3 rings (SSSR count). The van der Waals surface area contributed by atoms with E-state index >= 15 is 0 Å². The summed E-state index contributed by atoms with van der Waals surface area (Å²) >= 11 is 0. The Bertz CT molecular complexity index is 892. The van der Waals surface area contributed by atoms with Gasteiger partial charge in [0, 0.05) is 18.4 Å². The largest absolute Gasteiger partial charge is 0.421 e. The molecule has 0 aliphatic rings. The summed E-state index contributed by atoms with van der Waals surface area (Å²) in [6.07, 6.45) is -4.50. The molecule has 0 radical (unpaired) electrons. The van der Waals surface area contributed by atoms with Gasteiger partial charge in [0.25, 0.3) is 0 Å². The van der Waals surface area contributed by atoms with E-state index in [0.717, 1.165) is 11.6 Å². The molecule has 0 aliphatic heterocycles. The van der Waals surface area contributed by atoms with Crippen LogP contribution in [0.25, 0.3) is 11.5 Å². The van der Waals surface area contributed by atoms with Crippen molar-refractivity contribution in [1.82, 2.24) is 10.2 Å². The number of benzene rings is 2. The van der Waals surface area contributed by atoms with Crippen LogP contribution in [0.5, 0.6) is 0 Å². The monoisotopic (exact) mass is 361 g/mol. The molecular formula is C18H14F3N3O2. The summed E-state index contributed by atoms with van der Waals surface area (Å²) in [6, 6.07) is 13.9. The fourth-order valence-electron chi connectivity index (χ4n) is 2.32. The average molecular weight is 361 g/mol. The summed E-state index contributed by atoms with van der Waals surface area (Å²) in [4.78, 5) is 12.0. The van der Waals surface area contributed by atoms with Gasteiger partial charge < -0.3 is 9.73 Å². The van der Waals surface area contributed by atoms with Gasteiger partial charge in [-0.2, -0.15) is 13.2 Å². The van der Waals surface area contributed by atoms with Crippen LogP contribution in [0.2, 0.25) is 0 Å². The van der Waals surface area contributed by atoms with E-state index in [0.29, 0.717) is 5.89 Å². The van der Waals surface area contributed by atoms with Gasteiger partial charge in [-0.1, -0.05) is 30.3 Å². The van der Waals surface area contributed by atoms with Crippen molar-refractivity contribution in [2.24, 2.45) is 0 Å². The maximum absolute atomic E-state index is 12.9. The van der Waals surface area contributed by atoms with Crippen LogP contribution in [0.3, 0.4) is 0 Å². The van der Waals surface area contributed by atoms with E-state index in [4.69, 9.17) is 4.42 Å². The number of halogens is 3. The van der Waals surface area contributed by atoms with Gasteiger partial charge >= 0.3 is 6.18 Å². The second kappa shape index (κ2) is 7.38. The van der Waals surface area contributed by atoms with Crippen LogP contribution in [0.15, 0.2) is 59.0 Å². The third kappa shape index (κ3) is 4.27. The number of alkyl halides is 3. The van der Waals surface area contributed by atoms with Crippen molar-refractivity contribution in [2.45, 2.75) is 19.0 Å². The fourth-order valence-corrected chi connectivity index (χ4v) is 2.32. The number of carbonyl (C=O) groups excluding carboxylic acids is 1. The predicted octanol–water partition coefficient (Wildman–Crippen LogP) is 4.33.